The first-order valence-electron chi connectivity index (χ1n) is 7.57. The van der Waals surface area contributed by atoms with Gasteiger partial charge in [0, 0.05) is 12.6 Å². The second-order valence-electron chi connectivity index (χ2n) is 5.28. The first kappa shape index (κ1) is 20.5. The fraction of sp³-hybridized carbons (Fsp3) is 0.500. The van der Waals surface area contributed by atoms with Crippen molar-refractivity contribution in [1.29, 1.82) is 0 Å². The van der Waals surface area contributed by atoms with Gasteiger partial charge >= 0.3 is 15.6 Å². The highest BCUT2D eigenvalue weighted by Gasteiger charge is 2.48. The van der Waals surface area contributed by atoms with E-state index in [1.807, 2.05) is 49.1 Å². The van der Waals surface area contributed by atoms with Crippen molar-refractivity contribution in [2.45, 2.75) is 45.3 Å². The van der Waals surface area contributed by atoms with Crippen molar-refractivity contribution in [3.05, 3.63) is 47.7 Å². The van der Waals surface area contributed by atoms with Gasteiger partial charge in [0.25, 0.3) is 0 Å². The molecule has 0 saturated heterocycles. The molecule has 0 bridgehead atoms. The number of nitrogens with zero attached hydrogens (tertiary/aromatic N) is 1. The second-order valence-corrected chi connectivity index (χ2v) is 6.82. The zero-order chi connectivity index (χ0) is 18.4. The monoisotopic (exact) mass is 365 g/mol. The molecule has 1 aromatic rings. The summed E-state index contributed by atoms with van der Waals surface area (Å²) >= 11 is 0. The van der Waals surface area contributed by atoms with Crippen LogP contribution in [0.5, 0.6) is 0 Å². The molecular weight excluding hydrogens is 343 g/mol. The minimum Gasteiger partial charge on any atom is -0.381 e. The van der Waals surface area contributed by atoms with Gasteiger partial charge in [0.1, 0.15) is 5.76 Å². The van der Waals surface area contributed by atoms with Gasteiger partial charge in [-0.1, -0.05) is 44.2 Å². The van der Waals surface area contributed by atoms with Gasteiger partial charge in [-0.2, -0.15) is 21.6 Å². The summed E-state index contributed by atoms with van der Waals surface area (Å²) in [5.41, 5.74) is -4.37. The van der Waals surface area contributed by atoms with E-state index in [-0.39, 0.29) is 11.8 Å². The van der Waals surface area contributed by atoms with E-state index in [0.29, 0.717) is 19.5 Å². The van der Waals surface area contributed by atoms with Gasteiger partial charge in [0.05, 0.1) is 0 Å². The van der Waals surface area contributed by atoms with Gasteiger partial charge in [-0.05, 0) is 31.5 Å². The minimum absolute atomic E-state index is 0.237. The molecule has 4 nitrogen and oxygen atoms in total. The maximum atomic E-state index is 12.4. The summed E-state index contributed by atoms with van der Waals surface area (Å²) in [5, 5.41) is 0. The molecule has 8 heteroatoms. The van der Waals surface area contributed by atoms with Crippen molar-refractivity contribution in [1.82, 2.24) is 4.90 Å². The Hall–Kier alpha value is -1.54. The fourth-order valence-corrected chi connectivity index (χ4v) is 2.78. The number of benzene rings is 1. The van der Waals surface area contributed by atoms with Crippen molar-refractivity contribution in [3.63, 3.8) is 0 Å². The van der Waals surface area contributed by atoms with Crippen LogP contribution in [0.25, 0.3) is 0 Å². The van der Waals surface area contributed by atoms with E-state index < -0.39 is 15.6 Å². The zero-order valence-electron chi connectivity index (χ0n) is 13.9. The van der Waals surface area contributed by atoms with Gasteiger partial charge in [-0.15, -0.1) is 0 Å². The van der Waals surface area contributed by atoms with Gasteiger partial charge in [0.15, 0.2) is 0 Å². The van der Waals surface area contributed by atoms with Gasteiger partial charge < -0.3 is 4.18 Å². The molecule has 1 unspecified atom stereocenters. The lowest BCUT2D eigenvalue weighted by Crippen LogP contribution is -2.33. The molecule has 0 aromatic heterocycles. The topological polar surface area (TPSA) is 46.6 Å². The third-order valence-corrected chi connectivity index (χ3v) is 4.52. The van der Waals surface area contributed by atoms with E-state index in [1.165, 1.54) is 13.0 Å². The summed E-state index contributed by atoms with van der Waals surface area (Å²) in [7, 11) is -5.63. The Morgan fingerprint density at radius 3 is 2.29 bits per heavy atom. The number of hydrogen-bond acceptors (Lipinski definition) is 4. The lowest BCUT2D eigenvalue weighted by atomic mass is 10.1. The normalized spacial score (nSPS) is 14.7. The summed E-state index contributed by atoms with van der Waals surface area (Å²) in [6, 6.07) is 9.39. The number of rotatable bonds is 8. The van der Waals surface area contributed by atoms with E-state index >= 15 is 0 Å². The number of likely N-dealkylation sites (N-methyl/N-ethyl adjacent to an activating group) is 1. The Balaban J connectivity index is 2.90. The molecule has 0 aliphatic heterocycles. The predicted octanol–water partition coefficient (Wildman–Crippen LogP) is 4.06. The standard InChI is InChI=1S/C16H22F3NO3S/c1-4-15(11-13(3)23-24(21,22)16(17,18)19)20(5-2)12-14-9-7-6-8-10-14/h6-11,15H,4-5,12H2,1-3H3/b13-11+. The van der Waals surface area contributed by atoms with Crippen molar-refractivity contribution >= 4 is 10.1 Å². The smallest absolute Gasteiger partial charge is 0.381 e. The predicted molar refractivity (Wildman–Crippen MR) is 86.4 cm³/mol. The van der Waals surface area contributed by atoms with Crippen LogP contribution in [-0.2, 0) is 20.8 Å². The van der Waals surface area contributed by atoms with Crippen LogP contribution < -0.4 is 0 Å². The second kappa shape index (κ2) is 8.53. The van der Waals surface area contributed by atoms with Crippen LogP contribution in [0.2, 0.25) is 0 Å². The highest BCUT2D eigenvalue weighted by Crippen LogP contribution is 2.27. The SMILES string of the molecule is CCC(/C=C(\C)OS(=O)(=O)C(F)(F)F)N(CC)Cc1ccccc1. The molecule has 1 atom stereocenters. The molecule has 1 aromatic carbocycles. The molecule has 0 spiro atoms. The number of hydrogen-bond donors (Lipinski definition) is 0. The minimum atomic E-state index is -5.63. The summed E-state index contributed by atoms with van der Waals surface area (Å²) < 4.78 is 63.4. The number of halogens is 3. The zero-order valence-corrected chi connectivity index (χ0v) is 14.7. The summed E-state index contributed by atoms with van der Waals surface area (Å²) in [5.74, 6) is -0.286. The maximum absolute atomic E-state index is 12.4. The van der Waals surface area contributed by atoms with Crippen molar-refractivity contribution < 1.29 is 25.8 Å². The van der Waals surface area contributed by atoms with Crippen molar-refractivity contribution in [3.8, 4) is 0 Å². The van der Waals surface area contributed by atoms with Gasteiger partial charge in [0.2, 0.25) is 0 Å². The average Bonchev–Trinajstić information content (AvgIpc) is 2.50. The molecule has 0 amide bonds. The largest absolute Gasteiger partial charge is 0.534 e. The highest BCUT2D eigenvalue weighted by atomic mass is 32.2. The van der Waals surface area contributed by atoms with Crippen molar-refractivity contribution in [2.75, 3.05) is 6.54 Å². The Kier molecular flexibility index (Phi) is 7.28. The van der Waals surface area contributed by atoms with Crippen LogP contribution in [-0.4, -0.2) is 31.4 Å². The van der Waals surface area contributed by atoms with E-state index in [1.54, 1.807) is 0 Å². The quantitative estimate of drug-likeness (QED) is 0.396. The Morgan fingerprint density at radius 1 is 1.25 bits per heavy atom. The molecule has 0 saturated carbocycles. The van der Waals surface area contributed by atoms with Crippen LogP contribution >= 0.6 is 0 Å². The number of allylic oxidation sites excluding steroid dienone is 1. The first-order valence-corrected chi connectivity index (χ1v) is 8.98. The lowest BCUT2D eigenvalue weighted by Gasteiger charge is -2.28. The van der Waals surface area contributed by atoms with Gasteiger partial charge in [-0.25, -0.2) is 0 Å². The molecule has 0 aliphatic carbocycles. The van der Waals surface area contributed by atoms with Crippen LogP contribution in [0.3, 0.4) is 0 Å². The molecule has 0 radical (unpaired) electrons. The highest BCUT2D eigenvalue weighted by molar-refractivity contribution is 7.87. The van der Waals surface area contributed by atoms with Crippen LogP contribution in [0.15, 0.2) is 42.2 Å². The number of alkyl halides is 3. The lowest BCUT2D eigenvalue weighted by molar-refractivity contribution is -0.0522. The molecule has 0 N–H and O–H groups in total. The molecule has 0 aliphatic rings. The third kappa shape index (κ3) is 5.83. The summed E-state index contributed by atoms with van der Waals surface area (Å²) in [6.45, 7) is 6.28. The fourth-order valence-electron chi connectivity index (χ4n) is 2.28. The average molecular weight is 365 g/mol. The van der Waals surface area contributed by atoms with E-state index in [9.17, 15) is 21.6 Å². The Morgan fingerprint density at radius 2 is 1.83 bits per heavy atom. The van der Waals surface area contributed by atoms with Crippen LogP contribution in [0, 0.1) is 0 Å². The third-order valence-electron chi connectivity index (χ3n) is 3.47. The van der Waals surface area contributed by atoms with Crippen LogP contribution in [0.1, 0.15) is 32.8 Å². The van der Waals surface area contributed by atoms with E-state index in [4.69, 9.17) is 0 Å². The molecule has 0 heterocycles. The summed E-state index contributed by atoms with van der Waals surface area (Å²) in [6.07, 6.45) is 2.02. The maximum Gasteiger partial charge on any atom is 0.534 e. The first-order chi connectivity index (χ1) is 11.1. The van der Waals surface area contributed by atoms with Gasteiger partial charge in [-0.3, -0.25) is 4.90 Å². The summed E-state index contributed by atoms with van der Waals surface area (Å²) in [4.78, 5) is 2.03. The van der Waals surface area contributed by atoms with E-state index in [2.05, 4.69) is 4.18 Å². The molecule has 24 heavy (non-hydrogen) atoms. The molecular formula is C16H22F3NO3S. The van der Waals surface area contributed by atoms with Crippen LogP contribution in [0.4, 0.5) is 13.2 Å². The molecule has 1 rings (SSSR count). The Labute approximate surface area is 141 Å². The Bertz CT molecular complexity index is 642. The van der Waals surface area contributed by atoms with E-state index in [0.717, 1.165) is 5.56 Å². The molecule has 136 valence electrons. The van der Waals surface area contributed by atoms with Crippen molar-refractivity contribution in [2.24, 2.45) is 0 Å². The molecule has 0 fully saturated rings.